The highest BCUT2D eigenvalue weighted by Crippen LogP contribution is 2.30. The number of amides is 1. The first-order chi connectivity index (χ1) is 6.70. The van der Waals surface area contributed by atoms with E-state index in [0.29, 0.717) is 12.0 Å². The first-order valence-corrected chi connectivity index (χ1v) is 4.41. The number of hydrogen-bond acceptors (Lipinski definition) is 1. The molecule has 1 aliphatic rings. The molecular formula is C10H10FNO2. The molecule has 0 bridgehead atoms. The quantitative estimate of drug-likeness (QED) is 0.644. The minimum absolute atomic E-state index is 0.230. The van der Waals surface area contributed by atoms with E-state index in [-0.39, 0.29) is 6.54 Å². The normalized spacial score (nSPS) is 20.4. The number of alkyl halides is 1. The lowest BCUT2D eigenvalue weighted by atomic mass is 9.99. The Morgan fingerprint density at radius 1 is 1.50 bits per heavy atom. The van der Waals surface area contributed by atoms with Crippen LogP contribution in [0.1, 0.15) is 17.4 Å². The lowest BCUT2D eigenvalue weighted by molar-refractivity contribution is 0.0651. The molecular weight excluding hydrogens is 185 g/mol. The van der Waals surface area contributed by atoms with Crippen molar-refractivity contribution in [3.63, 3.8) is 0 Å². The van der Waals surface area contributed by atoms with Crippen molar-refractivity contribution in [1.82, 2.24) is 4.90 Å². The van der Waals surface area contributed by atoms with Crippen LogP contribution in [-0.2, 0) is 6.42 Å². The van der Waals surface area contributed by atoms with E-state index in [1.807, 2.05) is 12.1 Å². The van der Waals surface area contributed by atoms with Gasteiger partial charge in [0.05, 0.1) is 0 Å². The van der Waals surface area contributed by atoms with Crippen LogP contribution in [0.25, 0.3) is 0 Å². The lowest BCUT2D eigenvalue weighted by Crippen LogP contribution is -2.37. The van der Waals surface area contributed by atoms with Crippen molar-refractivity contribution in [2.75, 3.05) is 6.54 Å². The van der Waals surface area contributed by atoms with Gasteiger partial charge in [-0.15, -0.1) is 0 Å². The van der Waals surface area contributed by atoms with E-state index in [4.69, 9.17) is 5.11 Å². The molecule has 0 aliphatic carbocycles. The second kappa shape index (κ2) is 3.29. The van der Waals surface area contributed by atoms with E-state index in [1.54, 1.807) is 12.1 Å². The van der Waals surface area contributed by atoms with E-state index in [9.17, 15) is 9.18 Å². The summed E-state index contributed by atoms with van der Waals surface area (Å²) in [6.45, 7) is 0.230. The minimum Gasteiger partial charge on any atom is -0.465 e. The van der Waals surface area contributed by atoms with Gasteiger partial charge in [0, 0.05) is 12.1 Å². The van der Waals surface area contributed by atoms with Gasteiger partial charge < -0.3 is 5.11 Å². The molecule has 1 aromatic rings. The molecule has 4 heteroatoms. The third-order valence-electron chi connectivity index (χ3n) is 2.45. The predicted octanol–water partition coefficient (Wildman–Crippen LogP) is 2.19. The average molecular weight is 195 g/mol. The number of nitrogens with zero attached hydrogens (tertiary/aromatic N) is 1. The molecule has 1 aromatic carbocycles. The van der Waals surface area contributed by atoms with Crippen molar-refractivity contribution in [1.29, 1.82) is 0 Å². The molecule has 1 amide bonds. The Kier molecular flexibility index (Phi) is 2.11. The van der Waals surface area contributed by atoms with Crippen LogP contribution in [0, 0.1) is 0 Å². The van der Waals surface area contributed by atoms with Crippen LogP contribution in [0.4, 0.5) is 9.18 Å². The van der Waals surface area contributed by atoms with Crippen LogP contribution in [0.3, 0.4) is 0 Å². The molecule has 2 rings (SSSR count). The fourth-order valence-corrected chi connectivity index (χ4v) is 1.71. The van der Waals surface area contributed by atoms with Gasteiger partial charge in [-0.2, -0.15) is 0 Å². The highest BCUT2D eigenvalue weighted by molar-refractivity contribution is 5.66. The second-order valence-electron chi connectivity index (χ2n) is 3.26. The van der Waals surface area contributed by atoms with E-state index in [0.717, 1.165) is 10.5 Å². The highest BCUT2D eigenvalue weighted by atomic mass is 19.1. The number of benzene rings is 1. The molecule has 0 saturated carbocycles. The summed E-state index contributed by atoms with van der Waals surface area (Å²) < 4.78 is 13.6. The maximum Gasteiger partial charge on any atom is 0.409 e. The molecule has 1 aliphatic heterocycles. The second-order valence-corrected chi connectivity index (χ2v) is 3.26. The summed E-state index contributed by atoms with van der Waals surface area (Å²) in [5, 5.41) is 8.72. The summed E-state index contributed by atoms with van der Waals surface area (Å²) in [5.41, 5.74) is 1.37. The zero-order valence-electron chi connectivity index (χ0n) is 7.48. The van der Waals surface area contributed by atoms with Gasteiger partial charge in [0.1, 0.15) is 0 Å². The van der Waals surface area contributed by atoms with Gasteiger partial charge in [-0.25, -0.2) is 9.18 Å². The molecule has 0 saturated heterocycles. The Bertz CT molecular complexity index is 367. The van der Waals surface area contributed by atoms with E-state index >= 15 is 0 Å². The summed E-state index contributed by atoms with van der Waals surface area (Å²) in [6, 6.07) is 7.02. The zero-order chi connectivity index (χ0) is 10.1. The highest BCUT2D eigenvalue weighted by Gasteiger charge is 2.29. The Morgan fingerprint density at radius 3 is 2.93 bits per heavy atom. The van der Waals surface area contributed by atoms with Crippen LogP contribution in [-0.4, -0.2) is 22.6 Å². The Morgan fingerprint density at radius 2 is 2.21 bits per heavy atom. The van der Waals surface area contributed by atoms with Gasteiger partial charge in [-0.05, 0) is 12.0 Å². The van der Waals surface area contributed by atoms with Gasteiger partial charge in [-0.1, -0.05) is 24.3 Å². The molecule has 74 valence electrons. The summed E-state index contributed by atoms with van der Waals surface area (Å²) in [6.07, 6.45) is -2.13. The Hall–Kier alpha value is -1.58. The molecule has 14 heavy (non-hydrogen) atoms. The van der Waals surface area contributed by atoms with Crippen LogP contribution in [0.15, 0.2) is 24.3 Å². The monoisotopic (exact) mass is 195 g/mol. The van der Waals surface area contributed by atoms with Crippen LogP contribution in [0.2, 0.25) is 0 Å². The van der Waals surface area contributed by atoms with E-state index in [1.165, 1.54) is 0 Å². The lowest BCUT2D eigenvalue weighted by Gasteiger charge is -2.29. The number of fused-ring (bicyclic) bond motifs is 1. The molecule has 0 fully saturated rings. The van der Waals surface area contributed by atoms with E-state index < -0.39 is 12.4 Å². The number of rotatable bonds is 0. The molecule has 3 nitrogen and oxygen atoms in total. The van der Waals surface area contributed by atoms with Crippen molar-refractivity contribution >= 4 is 6.09 Å². The first kappa shape index (κ1) is 8.99. The van der Waals surface area contributed by atoms with Crippen molar-refractivity contribution in [2.45, 2.75) is 12.7 Å². The maximum absolute atomic E-state index is 13.6. The molecule has 1 atom stereocenters. The summed E-state index contributed by atoms with van der Waals surface area (Å²) in [7, 11) is 0. The Balaban J connectivity index is 2.36. The summed E-state index contributed by atoms with van der Waals surface area (Å²) in [5.74, 6) is 0. The average Bonchev–Trinajstić information content (AvgIpc) is 2.18. The third-order valence-corrected chi connectivity index (χ3v) is 2.45. The van der Waals surface area contributed by atoms with Crippen LogP contribution in [0.5, 0.6) is 0 Å². The molecule has 0 aromatic heterocycles. The summed E-state index contributed by atoms with van der Waals surface area (Å²) in [4.78, 5) is 11.5. The van der Waals surface area contributed by atoms with Gasteiger partial charge in [0.2, 0.25) is 6.30 Å². The maximum atomic E-state index is 13.6. The molecule has 1 N–H and O–H groups in total. The number of carboxylic acid groups (broad SMARTS) is 1. The van der Waals surface area contributed by atoms with Gasteiger partial charge in [0.15, 0.2) is 0 Å². The largest absolute Gasteiger partial charge is 0.465 e. The van der Waals surface area contributed by atoms with Gasteiger partial charge in [-0.3, -0.25) is 4.90 Å². The molecule has 1 heterocycles. The predicted molar refractivity (Wildman–Crippen MR) is 48.7 cm³/mol. The number of hydrogen-bond donors (Lipinski definition) is 1. The SMILES string of the molecule is O=C(O)N1CCc2ccccc2C1F. The molecule has 0 spiro atoms. The van der Waals surface area contributed by atoms with Crippen molar-refractivity contribution in [3.8, 4) is 0 Å². The zero-order valence-corrected chi connectivity index (χ0v) is 7.48. The fraction of sp³-hybridized carbons (Fsp3) is 0.300. The number of carbonyl (C=O) groups is 1. The van der Waals surface area contributed by atoms with Crippen molar-refractivity contribution in [2.24, 2.45) is 0 Å². The van der Waals surface area contributed by atoms with Gasteiger partial charge >= 0.3 is 6.09 Å². The smallest absolute Gasteiger partial charge is 0.409 e. The van der Waals surface area contributed by atoms with Gasteiger partial charge in [0.25, 0.3) is 0 Å². The first-order valence-electron chi connectivity index (χ1n) is 4.41. The van der Waals surface area contributed by atoms with Crippen molar-refractivity contribution < 1.29 is 14.3 Å². The van der Waals surface area contributed by atoms with Crippen LogP contribution >= 0.6 is 0 Å². The number of halogens is 1. The minimum atomic E-state index is -1.52. The van der Waals surface area contributed by atoms with Crippen LogP contribution < -0.4 is 0 Å². The van der Waals surface area contributed by atoms with E-state index in [2.05, 4.69) is 0 Å². The molecule has 0 radical (unpaired) electrons. The summed E-state index contributed by atoms with van der Waals surface area (Å²) >= 11 is 0. The van der Waals surface area contributed by atoms with Crippen molar-refractivity contribution in [3.05, 3.63) is 35.4 Å². The third kappa shape index (κ3) is 1.32. The Labute approximate surface area is 80.8 Å². The fourth-order valence-electron chi connectivity index (χ4n) is 1.71. The topological polar surface area (TPSA) is 40.5 Å². The standard InChI is InChI=1S/C10H10FNO2/c11-9-8-4-2-1-3-7(8)5-6-12(9)10(13)14/h1-4,9H,5-6H2,(H,13,14). The molecule has 1 unspecified atom stereocenters.